The Hall–Kier alpha value is -1.97. The SMILES string of the molecule is O=C(NC(c1cc(F)ccc1Cl)[C@]1(O)CC[C@@H](F)CC1)c1nccc(C(F)(F)F)c1Cl. The first kappa shape index (κ1) is 23.7. The van der Waals surface area contributed by atoms with Crippen molar-refractivity contribution in [3.8, 4) is 0 Å². The number of hydrogen-bond acceptors (Lipinski definition) is 3. The van der Waals surface area contributed by atoms with Crippen molar-refractivity contribution in [1.29, 1.82) is 0 Å². The first-order valence-corrected chi connectivity index (χ1v) is 10.0. The first-order valence-electron chi connectivity index (χ1n) is 9.26. The number of nitrogens with one attached hydrogen (secondary N) is 1. The van der Waals surface area contributed by atoms with Gasteiger partial charge in [0.2, 0.25) is 0 Å². The molecule has 0 saturated heterocycles. The number of halogens is 7. The van der Waals surface area contributed by atoms with Gasteiger partial charge in [-0.3, -0.25) is 4.79 Å². The van der Waals surface area contributed by atoms with Gasteiger partial charge in [-0.05, 0) is 55.5 Å². The molecule has 1 atom stereocenters. The van der Waals surface area contributed by atoms with Crippen LogP contribution in [0.15, 0.2) is 30.5 Å². The van der Waals surface area contributed by atoms with E-state index in [1.165, 1.54) is 6.07 Å². The maximum absolute atomic E-state index is 13.9. The predicted molar refractivity (Wildman–Crippen MR) is 104 cm³/mol. The van der Waals surface area contributed by atoms with Gasteiger partial charge < -0.3 is 10.4 Å². The number of nitrogens with zero attached hydrogens (tertiary/aromatic N) is 1. The molecule has 2 aromatic rings. The molecule has 2 N–H and O–H groups in total. The smallest absolute Gasteiger partial charge is 0.387 e. The predicted octanol–water partition coefficient (Wildman–Crippen LogP) is 5.66. The lowest BCUT2D eigenvalue weighted by atomic mass is 9.76. The van der Waals surface area contributed by atoms with Crippen molar-refractivity contribution in [2.45, 2.75) is 49.7 Å². The van der Waals surface area contributed by atoms with E-state index in [1.807, 2.05) is 0 Å². The van der Waals surface area contributed by atoms with Crippen molar-refractivity contribution < 1.29 is 31.9 Å². The Morgan fingerprint density at radius 3 is 2.48 bits per heavy atom. The van der Waals surface area contributed by atoms with E-state index >= 15 is 0 Å². The normalized spacial score (nSPS) is 22.8. The Morgan fingerprint density at radius 1 is 1.23 bits per heavy atom. The lowest BCUT2D eigenvalue weighted by Crippen LogP contribution is -2.49. The van der Waals surface area contributed by atoms with E-state index in [9.17, 15) is 31.9 Å². The minimum Gasteiger partial charge on any atom is -0.387 e. The molecule has 3 rings (SSSR count). The van der Waals surface area contributed by atoms with E-state index in [1.54, 1.807) is 0 Å². The molecule has 168 valence electrons. The summed E-state index contributed by atoms with van der Waals surface area (Å²) >= 11 is 11.9. The van der Waals surface area contributed by atoms with Crippen LogP contribution < -0.4 is 5.32 Å². The summed E-state index contributed by atoms with van der Waals surface area (Å²) in [7, 11) is 0. The van der Waals surface area contributed by atoms with Crippen molar-refractivity contribution in [1.82, 2.24) is 10.3 Å². The summed E-state index contributed by atoms with van der Waals surface area (Å²) in [6.45, 7) is 0. The fraction of sp³-hybridized carbons (Fsp3) is 0.400. The van der Waals surface area contributed by atoms with Gasteiger partial charge in [-0.15, -0.1) is 0 Å². The number of aliphatic hydroxyl groups is 1. The highest BCUT2D eigenvalue weighted by atomic mass is 35.5. The van der Waals surface area contributed by atoms with Gasteiger partial charge in [-0.25, -0.2) is 13.8 Å². The van der Waals surface area contributed by atoms with Gasteiger partial charge in [-0.2, -0.15) is 13.2 Å². The Balaban J connectivity index is 2.02. The van der Waals surface area contributed by atoms with Gasteiger partial charge in [0.05, 0.1) is 22.2 Å². The Kier molecular flexibility index (Phi) is 6.78. The Bertz CT molecular complexity index is 979. The van der Waals surface area contributed by atoms with Crippen LogP contribution in [0.2, 0.25) is 10.0 Å². The number of pyridine rings is 1. The van der Waals surface area contributed by atoms with Crippen LogP contribution in [0.4, 0.5) is 22.0 Å². The van der Waals surface area contributed by atoms with Crippen LogP contribution in [0, 0.1) is 5.82 Å². The molecule has 1 amide bonds. The molecule has 11 heteroatoms. The number of rotatable bonds is 4. The summed E-state index contributed by atoms with van der Waals surface area (Å²) in [6.07, 6.45) is -5.41. The summed E-state index contributed by atoms with van der Waals surface area (Å²) < 4.78 is 66.9. The third-order valence-electron chi connectivity index (χ3n) is 5.27. The van der Waals surface area contributed by atoms with Gasteiger partial charge in [0.25, 0.3) is 5.91 Å². The van der Waals surface area contributed by atoms with Crippen LogP contribution in [0.25, 0.3) is 0 Å². The second-order valence-electron chi connectivity index (χ2n) is 7.37. The molecule has 0 aliphatic heterocycles. The molecule has 1 fully saturated rings. The second-order valence-corrected chi connectivity index (χ2v) is 8.15. The van der Waals surface area contributed by atoms with Crippen molar-refractivity contribution in [3.63, 3.8) is 0 Å². The molecule has 1 heterocycles. The van der Waals surface area contributed by atoms with Gasteiger partial charge in [0.15, 0.2) is 0 Å². The average molecular weight is 483 g/mol. The number of carbonyl (C=O) groups excluding carboxylic acids is 1. The zero-order valence-corrected chi connectivity index (χ0v) is 17.3. The highest BCUT2D eigenvalue weighted by molar-refractivity contribution is 6.34. The fourth-order valence-electron chi connectivity index (χ4n) is 3.63. The minimum atomic E-state index is -4.82. The Labute approximate surface area is 184 Å². The van der Waals surface area contributed by atoms with Crippen LogP contribution in [0.1, 0.15) is 53.3 Å². The number of alkyl halides is 4. The second kappa shape index (κ2) is 8.88. The summed E-state index contributed by atoms with van der Waals surface area (Å²) in [4.78, 5) is 16.5. The first-order chi connectivity index (χ1) is 14.4. The zero-order chi connectivity index (χ0) is 23.0. The molecule has 1 aromatic carbocycles. The fourth-order valence-corrected chi connectivity index (χ4v) is 4.16. The van der Waals surface area contributed by atoms with E-state index < -0.39 is 52.0 Å². The maximum Gasteiger partial charge on any atom is 0.417 e. The summed E-state index contributed by atoms with van der Waals surface area (Å²) in [6, 6.07) is 2.55. The maximum atomic E-state index is 13.9. The van der Waals surface area contributed by atoms with Gasteiger partial charge in [-0.1, -0.05) is 23.2 Å². The highest BCUT2D eigenvalue weighted by Gasteiger charge is 2.44. The molecular weight excluding hydrogens is 466 g/mol. The largest absolute Gasteiger partial charge is 0.417 e. The number of amides is 1. The van der Waals surface area contributed by atoms with Crippen LogP contribution in [-0.4, -0.2) is 27.8 Å². The molecule has 1 unspecified atom stereocenters. The van der Waals surface area contributed by atoms with Crippen molar-refractivity contribution in [2.24, 2.45) is 0 Å². The molecule has 4 nitrogen and oxygen atoms in total. The van der Waals surface area contributed by atoms with Crippen molar-refractivity contribution in [2.75, 3.05) is 0 Å². The lowest BCUT2D eigenvalue weighted by molar-refractivity contribution is -0.137. The minimum absolute atomic E-state index is 0.00192. The number of carbonyl (C=O) groups is 1. The molecule has 1 aromatic heterocycles. The molecular formula is C20H17Cl2F5N2O2. The van der Waals surface area contributed by atoms with E-state index in [0.29, 0.717) is 6.07 Å². The molecule has 1 saturated carbocycles. The molecule has 1 aliphatic rings. The summed E-state index contributed by atoms with van der Waals surface area (Å²) in [5.41, 5.74) is -3.70. The van der Waals surface area contributed by atoms with Crippen LogP contribution in [0.5, 0.6) is 0 Å². The molecule has 0 spiro atoms. The Morgan fingerprint density at radius 2 is 1.87 bits per heavy atom. The van der Waals surface area contributed by atoms with Crippen molar-refractivity contribution >= 4 is 29.1 Å². The molecule has 1 aliphatic carbocycles. The third kappa shape index (κ3) is 5.10. The quantitative estimate of drug-likeness (QED) is 0.552. The van der Waals surface area contributed by atoms with Crippen molar-refractivity contribution in [3.05, 3.63) is 63.1 Å². The van der Waals surface area contributed by atoms with Crippen LogP contribution >= 0.6 is 23.2 Å². The van der Waals surface area contributed by atoms with E-state index in [0.717, 1.165) is 18.3 Å². The lowest BCUT2D eigenvalue weighted by Gasteiger charge is -2.41. The van der Waals surface area contributed by atoms with Crippen LogP contribution in [-0.2, 0) is 6.18 Å². The van der Waals surface area contributed by atoms with E-state index in [2.05, 4.69) is 10.3 Å². The average Bonchev–Trinajstić information content (AvgIpc) is 2.69. The zero-order valence-electron chi connectivity index (χ0n) is 15.8. The topological polar surface area (TPSA) is 62.2 Å². The molecule has 31 heavy (non-hydrogen) atoms. The summed E-state index contributed by atoms with van der Waals surface area (Å²) in [5, 5.41) is 12.6. The van der Waals surface area contributed by atoms with Gasteiger partial charge in [0.1, 0.15) is 17.7 Å². The van der Waals surface area contributed by atoms with E-state index in [-0.39, 0.29) is 36.3 Å². The number of aromatic nitrogens is 1. The number of hydrogen-bond donors (Lipinski definition) is 2. The molecule has 0 radical (unpaired) electrons. The third-order valence-corrected chi connectivity index (χ3v) is 6.00. The van der Waals surface area contributed by atoms with Crippen LogP contribution in [0.3, 0.4) is 0 Å². The van der Waals surface area contributed by atoms with E-state index in [4.69, 9.17) is 23.2 Å². The standard InChI is InChI=1S/C20H17Cl2F5N2O2/c21-14-2-1-11(24)9-12(14)17(19(31)6-3-10(23)4-7-19)29-18(30)16-15(22)13(5-8-28-16)20(25,26)27/h1-2,5,8-10,17,31H,3-4,6-7H2,(H,29,30)/t10-,17?,19+. The number of benzene rings is 1. The monoisotopic (exact) mass is 482 g/mol. The van der Waals surface area contributed by atoms with Gasteiger partial charge >= 0.3 is 6.18 Å². The highest BCUT2D eigenvalue weighted by Crippen LogP contribution is 2.42. The van der Waals surface area contributed by atoms with Gasteiger partial charge in [0, 0.05) is 11.2 Å². The molecule has 0 bridgehead atoms. The summed E-state index contributed by atoms with van der Waals surface area (Å²) in [5.74, 6) is -1.84.